The zero-order valence-corrected chi connectivity index (χ0v) is 13.8. The van der Waals surface area contributed by atoms with E-state index in [4.69, 9.17) is 0 Å². The van der Waals surface area contributed by atoms with E-state index in [1.807, 2.05) is 19.0 Å². The third kappa shape index (κ3) is 2.00. The van der Waals surface area contributed by atoms with E-state index >= 15 is 0 Å². The standard InChI is InChI=1S/C16H20N4OS/c1-19-8-7-11(16(19)21)20(2)14-13-10-5-3-4-6-12(10)22-15(13)18-9-17-14/h9,11H,3-8H2,1-2H3/t11-/m1/s1. The lowest BCUT2D eigenvalue weighted by Gasteiger charge is -2.25. The normalized spacial score (nSPS) is 21.5. The molecule has 116 valence electrons. The van der Waals surface area contributed by atoms with Crippen molar-refractivity contribution in [1.29, 1.82) is 0 Å². The van der Waals surface area contributed by atoms with E-state index < -0.39 is 0 Å². The SMILES string of the molecule is CN1CC[C@@H](N(C)c2ncnc3sc4c(c23)CCCC4)C1=O. The van der Waals surface area contributed by atoms with Gasteiger partial charge in [-0.25, -0.2) is 9.97 Å². The van der Waals surface area contributed by atoms with Crippen molar-refractivity contribution in [3.8, 4) is 0 Å². The van der Waals surface area contributed by atoms with E-state index in [0.717, 1.165) is 36.5 Å². The monoisotopic (exact) mass is 316 g/mol. The molecule has 1 fully saturated rings. The van der Waals surface area contributed by atoms with Gasteiger partial charge >= 0.3 is 0 Å². The van der Waals surface area contributed by atoms with Gasteiger partial charge in [0.25, 0.3) is 0 Å². The molecule has 0 bridgehead atoms. The van der Waals surface area contributed by atoms with Crippen LogP contribution in [0.15, 0.2) is 6.33 Å². The van der Waals surface area contributed by atoms with Gasteiger partial charge in [-0.1, -0.05) is 0 Å². The molecule has 1 atom stereocenters. The number of thiophene rings is 1. The van der Waals surface area contributed by atoms with Crippen molar-refractivity contribution in [2.75, 3.05) is 25.5 Å². The Hall–Kier alpha value is -1.69. The predicted octanol–water partition coefficient (Wildman–Crippen LogP) is 2.24. The molecule has 0 N–H and O–H groups in total. The van der Waals surface area contributed by atoms with E-state index in [9.17, 15) is 4.79 Å². The average Bonchev–Trinajstić information content (AvgIpc) is 3.07. The van der Waals surface area contributed by atoms with Crippen molar-refractivity contribution in [1.82, 2.24) is 14.9 Å². The summed E-state index contributed by atoms with van der Waals surface area (Å²) >= 11 is 1.80. The molecule has 0 unspecified atom stereocenters. The minimum Gasteiger partial charge on any atom is -0.347 e. The molecule has 2 aromatic rings. The summed E-state index contributed by atoms with van der Waals surface area (Å²) in [4.78, 5) is 27.8. The lowest BCUT2D eigenvalue weighted by molar-refractivity contribution is -0.127. The third-order valence-electron chi connectivity index (χ3n) is 4.93. The molecule has 1 aliphatic carbocycles. The number of aromatic nitrogens is 2. The number of carbonyl (C=O) groups excluding carboxylic acids is 1. The summed E-state index contributed by atoms with van der Waals surface area (Å²) in [5, 5.41) is 1.19. The van der Waals surface area contributed by atoms with Gasteiger partial charge in [0.15, 0.2) is 0 Å². The number of hydrogen-bond acceptors (Lipinski definition) is 5. The van der Waals surface area contributed by atoms with Gasteiger partial charge in [0.05, 0.1) is 5.39 Å². The Balaban J connectivity index is 1.81. The Morgan fingerprint density at radius 3 is 2.91 bits per heavy atom. The second-order valence-electron chi connectivity index (χ2n) is 6.26. The first-order chi connectivity index (χ1) is 10.7. The summed E-state index contributed by atoms with van der Waals surface area (Å²) in [5.41, 5.74) is 1.42. The van der Waals surface area contributed by atoms with Gasteiger partial charge in [-0.3, -0.25) is 4.79 Å². The van der Waals surface area contributed by atoms with Gasteiger partial charge in [-0.2, -0.15) is 0 Å². The van der Waals surface area contributed by atoms with Gasteiger partial charge in [-0.05, 0) is 37.7 Å². The largest absolute Gasteiger partial charge is 0.347 e. The predicted molar refractivity (Wildman–Crippen MR) is 88.5 cm³/mol. The molecule has 22 heavy (non-hydrogen) atoms. The quantitative estimate of drug-likeness (QED) is 0.852. The van der Waals surface area contributed by atoms with Gasteiger partial charge < -0.3 is 9.80 Å². The molecule has 0 radical (unpaired) electrons. The van der Waals surface area contributed by atoms with Gasteiger partial charge in [0.2, 0.25) is 5.91 Å². The maximum absolute atomic E-state index is 12.3. The lowest BCUT2D eigenvalue weighted by atomic mass is 9.97. The summed E-state index contributed by atoms with van der Waals surface area (Å²) in [6, 6.07) is -0.0951. The molecule has 0 spiro atoms. The zero-order valence-electron chi connectivity index (χ0n) is 13.0. The Bertz CT molecular complexity index is 741. The Kier molecular flexibility index (Phi) is 3.29. The maximum atomic E-state index is 12.3. The highest BCUT2D eigenvalue weighted by atomic mass is 32.1. The number of aryl methyl sites for hydroxylation is 2. The summed E-state index contributed by atoms with van der Waals surface area (Å²) in [6.07, 6.45) is 7.28. The van der Waals surface area contributed by atoms with Crippen LogP contribution in [0.25, 0.3) is 10.2 Å². The van der Waals surface area contributed by atoms with Crippen LogP contribution in [-0.4, -0.2) is 47.5 Å². The number of anilines is 1. The van der Waals surface area contributed by atoms with Crippen LogP contribution in [0.3, 0.4) is 0 Å². The minimum atomic E-state index is -0.0951. The van der Waals surface area contributed by atoms with E-state index in [-0.39, 0.29) is 11.9 Å². The first-order valence-electron chi connectivity index (χ1n) is 7.90. The zero-order chi connectivity index (χ0) is 15.3. The molecule has 1 saturated heterocycles. The Morgan fingerprint density at radius 2 is 2.14 bits per heavy atom. The van der Waals surface area contributed by atoms with Crippen molar-refractivity contribution in [3.63, 3.8) is 0 Å². The number of amides is 1. The first-order valence-corrected chi connectivity index (χ1v) is 8.71. The average molecular weight is 316 g/mol. The van der Waals surface area contributed by atoms with Gasteiger partial charge in [0, 0.05) is 25.5 Å². The molecule has 2 aromatic heterocycles. The Labute approximate surface area is 134 Å². The number of hydrogen-bond donors (Lipinski definition) is 0. The van der Waals surface area contributed by atoms with Crippen molar-refractivity contribution in [2.45, 2.75) is 38.1 Å². The van der Waals surface area contributed by atoms with Crippen LogP contribution in [0.1, 0.15) is 29.7 Å². The van der Waals surface area contributed by atoms with Crippen molar-refractivity contribution >= 4 is 33.3 Å². The summed E-state index contributed by atoms with van der Waals surface area (Å²) in [6.45, 7) is 0.823. The molecule has 0 saturated carbocycles. The summed E-state index contributed by atoms with van der Waals surface area (Å²) in [5.74, 6) is 1.12. The van der Waals surface area contributed by atoms with Gasteiger partial charge in [-0.15, -0.1) is 11.3 Å². The van der Waals surface area contributed by atoms with Crippen LogP contribution in [0.5, 0.6) is 0 Å². The molecule has 1 aliphatic heterocycles. The third-order valence-corrected chi connectivity index (χ3v) is 6.13. The highest BCUT2D eigenvalue weighted by Gasteiger charge is 2.34. The lowest BCUT2D eigenvalue weighted by Crippen LogP contribution is -2.39. The second kappa shape index (κ2) is 5.19. The number of likely N-dealkylation sites (tertiary alicyclic amines) is 1. The minimum absolute atomic E-state index is 0.0951. The van der Waals surface area contributed by atoms with Crippen LogP contribution in [0, 0.1) is 0 Å². The Morgan fingerprint density at radius 1 is 1.32 bits per heavy atom. The van der Waals surface area contributed by atoms with Crippen LogP contribution in [-0.2, 0) is 17.6 Å². The van der Waals surface area contributed by atoms with Crippen LogP contribution >= 0.6 is 11.3 Å². The van der Waals surface area contributed by atoms with Crippen LogP contribution < -0.4 is 4.90 Å². The molecule has 0 aromatic carbocycles. The second-order valence-corrected chi connectivity index (χ2v) is 7.35. The van der Waals surface area contributed by atoms with E-state index in [0.29, 0.717) is 0 Å². The molecule has 5 nitrogen and oxygen atoms in total. The highest BCUT2D eigenvalue weighted by Crippen LogP contribution is 2.39. The van der Waals surface area contributed by atoms with Gasteiger partial charge in [0.1, 0.15) is 23.0 Å². The first kappa shape index (κ1) is 13.9. The fraction of sp³-hybridized carbons (Fsp3) is 0.562. The topological polar surface area (TPSA) is 49.3 Å². The molecule has 6 heteroatoms. The molecule has 3 heterocycles. The van der Waals surface area contributed by atoms with E-state index in [2.05, 4.69) is 14.9 Å². The molecular formula is C16H20N4OS. The molecular weight excluding hydrogens is 296 g/mol. The van der Waals surface area contributed by atoms with Crippen molar-refractivity contribution < 1.29 is 4.79 Å². The summed E-state index contributed by atoms with van der Waals surface area (Å²) < 4.78 is 0. The molecule has 4 rings (SSSR count). The van der Waals surface area contributed by atoms with Crippen LogP contribution in [0.2, 0.25) is 0 Å². The number of rotatable bonds is 2. The molecule has 1 amide bonds. The summed E-state index contributed by atoms with van der Waals surface area (Å²) in [7, 11) is 3.87. The smallest absolute Gasteiger partial charge is 0.245 e. The van der Waals surface area contributed by atoms with Crippen molar-refractivity contribution in [2.24, 2.45) is 0 Å². The number of nitrogens with zero attached hydrogens (tertiary/aromatic N) is 4. The number of carbonyl (C=O) groups is 1. The van der Waals surface area contributed by atoms with E-state index in [1.165, 1.54) is 28.7 Å². The van der Waals surface area contributed by atoms with E-state index in [1.54, 1.807) is 17.7 Å². The fourth-order valence-electron chi connectivity index (χ4n) is 3.65. The van der Waals surface area contributed by atoms with Crippen molar-refractivity contribution in [3.05, 3.63) is 16.8 Å². The molecule has 2 aliphatic rings. The number of fused-ring (bicyclic) bond motifs is 3. The fourth-order valence-corrected chi connectivity index (χ4v) is 4.88. The van der Waals surface area contributed by atoms with Crippen LogP contribution in [0.4, 0.5) is 5.82 Å². The highest BCUT2D eigenvalue weighted by molar-refractivity contribution is 7.19. The number of likely N-dealkylation sites (N-methyl/N-ethyl adjacent to an activating group) is 2. The maximum Gasteiger partial charge on any atom is 0.245 e.